The maximum atomic E-state index is 13.2. The Bertz CT molecular complexity index is 1230. The van der Waals surface area contributed by atoms with Gasteiger partial charge in [-0.3, -0.25) is 18.6 Å². The van der Waals surface area contributed by atoms with Crippen LogP contribution in [-0.4, -0.2) is 20.9 Å². The lowest BCUT2D eigenvalue weighted by Crippen LogP contribution is -2.26. The lowest BCUT2D eigenvalue weighted by atomic mass is 10.1. The first-order valence-corrected chi connectivity index (χ1v) is 7.45. The highest BCUT2D eigenvalue weighted by atomic mass is 19.4. The van der Waals surface area contributed by atoms with Crippen LogP contribution in [0.15, 0.2) is 53.3 Å². The average Bonchev–Trinajstić information content (AvgIpc) is 2.93. The normalized spacial score (nSPS) is 12.3. The number of ketones is 1. The van der Waals surface area contributed by atoms with Crippen LogP contribution < -0.4 is 5.56 Å². The maximum absolute atomic E-state index is 13.2. The molecule has 0 bridgehead atoms. The third-order valence-corrected chi connectivity index (χ3v) is 4.33. The molecule has 0 saturated heterocycles. The summed E-state index contributed by atoms with van der Waals surface area (Å²) in [5, 5.41) is 0.825. The number of hydrogen-bond donors (Lipinski definition) is 0. The van der Waals surface area contributed by atoms with Gasteiger partial charge in [-0.05, 0) is 12.1 Å². The Labute approximate surface area is 138 Å². The van der Waals surface area contributed by atoms with Gasteiger partial charge < -0.3 is 0 Å². The third-order valence-electron chi connectivity index (χ3n) is 4.33. The number of rotatable bonds is 1. The van der Waals surface area contributed by atoms with Gasteiger partial charge in [0.25, 0.3) is 11.3 Å². The van der Waals surface area contributed by atoms with Crippen LogP contribution in [0, 0.1) is 0 Å². The number of fused-ring (bicyclic) bond motifs is 5. The van der Waals surface area contributed by atoms with Crippen LogP contribution in [0.4, 0.5) is 13.2 Å². The van der Waals surface area contributed by atoms with Crippen molar-refractivity contribution in [1.82, 2.24) is 8.97 Å². The summed E-state index contributed by atoms with van der Waals surface area (Å²) < 4.78 is 42.2. The standard InChI is InChI=1S/C18H11F3N2O2/c1-22-16-11-7-3-2-6-10(11)14(15(24)18(19,20)21)23(16)13-9-5-4-8-12(13)17(22)25/h2-9H,1H3. The topological polar surface area (TPSA) is 43.5 Å². The molecule has 2 heterocycles. The van der Waals surface area contributed by atoms with Crippen LogP contribution >= 0.6 is 0 Å². The molecule has 0 unspecified atom stereocenters. The number of hydrogen-bond acceptors (Lipinski definition) is 2. The minimum absolute atomic E-state index is 0.163. The van der Waals surface area contributed by atoms with E-state index in [4.69, 9.17) is 0 Å². The van der Waals surface area contributed by atoms with E-state index >= 15 is 0 Å². The van der Waals surface area contributed by atoms with E-state index in [0.717, 1.165) is 0 Å². The highest BCUT2D eigenvalue weighted by Gasteiger charge is 2.42. The Morgan fingerprint density at radius 3 is 2.12 bits per heavy atom. The molecule has 25 heavy (non-hydrogen) atoms. The van der Waals surface area contributed by atoms with Gasteiger partial charge in [0.1, 0.15) is 11.3 Å². The predicted octanol–water partition coefficient (Wildman–Crippen LogP) is 3.69. The van der Waals surface area contributed by atoms with Gasteiger partial charge in [0.05, 0.1) is 10.9 Å². The zero-order chi connectivity index (χ0) is 17.9. The molecule has 4 aromatic rings. The summed E-state index contributed by atoms with van der Waals surface area (Å²) in [5.41, 5.74) is -0.293. The van der Waals surface area contributed by atoms with Gasteiger partial charge in [0, 0.05) is 17.8 Å². The summed E-state index contributed by atoms with van der Waals surface area (Å²) in [6.45, 7) is 0. The van der Waals surface area contributed by atoms with Gasteiger partial charge in [-0.2, -0.15) is 13.2 Å². The minimum atomic E-state index is -5.02. The van der Waals surface area contributed by atoms with Crippen molar-refractivity contribution in [3.63, 3.8) is 0 Å². The first kappa shape index (κ1) is 15.4. The predicted molar refractivity (Wildman–Crippen MR) is 88.0 cm³/mol. The van der Waals surface area contributed by atoms with Gasteiger partial charge in [0.2, 0.25) is 0 Å². The molecule has 0 radical (unpaired) electrons. The number of nitrogens with zero attached hydrogens (tertiary/aromatic N) is 2. The Morgan fingerprint density at radius 2 is 1.48 bits per heavy atom. The maximum Gasteiger partial charge on any atom is 0.456 e. The molecule has 126 valence electrons. The van der Waals surface area contributed by atoms with E-state index < -0.39 is 17.7 Å². The zero-order valence-electron chi connectivity index (χ0n) is 13.0. The number of benzene rings is 2. The first-order valence-electron chi connectivity index (χ1n) is 7.45. The highest BCUT2D eigenvalue weighted by molar-refractivity contribution is 6.15. The van der Waals surface area contributed by atoms with E-state index in [9.17, 15) is 22.8 Å². The number of aromatic nitrogens is 2. The van der Waals surface area contributed by atoms with Crippen molar-refractivity contribution in [1.29, 1.82) is 0 Å². The quantitative estimate of drug-likeness (QED) is 0.494. The summed E-state index contributed by atoms with van der Waals surface area (Å²) in [6, 6.07) is 12.6. The summed E-state index contributed by atoms with van der Waals surface area (Å²) in [6.07, 6.45) is -5.02. The van der Waals surface area contributed by atoms with E-state index in [1.165, 1.54) is 34.2 Å². The molecule has 4 rings (SSSR count). The molecule has 0 aliphatic rings. The molecular formula is C18H11F3N2O2. The molecule has 0 fully saturated rings. The molecule has 2 aromatic heterocycles. The molecule has 0 aliphatic heterocycles. The molecule has 7 heteroatoms. The van der Waals surface area contributed by atoms with Gasteiger partial charge in [-0.25, -0.2) is 0 Å². The second kappa shape index (κ2) is 4.95. The van der Waals surface area contributed by atoms with Crippen LogP contribution in [0.1, 0.15) is 10.5 Å². The molecule has 4 nitrogen and oxygen atoms in total. The van der Waals surface area contributed by atoms with Gasteiger partial charge >= 0.3 is 6.18 Å². The lowest BCUT2D eigenvalue weighted by molar-refractivity contribution is -0.0887. The molecule has 0 aliphatic carbocycles. The SMILES string of the molecule is Cn1c(=O)c2ccccc2n2c(C(=O)C(F)(F)F)c3ccccc3c12. The van der Waals surface area contributed by atoms with Gasteiger partial charge in [0.15, 0.2) is 0 Å². The van der Waals surface area contributed by atoms with Gasteiger partial charge in [-0.1, -0.05) is 36.4 Å². The minimum Gasteiger partial charge on any atom is -0.296 e. The number of aryl methyl sites for hydroxylation is 1. The number of Topliss-reactive ketones (excluding diaryl/α,β-unsaturated/α-hetero) is 1. The fraction of sp³-hybridized carbons (Fsp3) is 0.111. The molecule has 0 atom stereocenters. The van der Waals surface area contributed by atoms with Crippen LogP contribution in [0.2, 0.25) is 0 Å². The number of alkyl halides is 3. The Morgan fingerprint density at radius 1 is 0.920 bits per heavy atom. The Hall–Kier alpha value is -3.09. The van der Waals surface area contributed by atoms with Crippen LogP contribution in [0.5, 0.6) is 0 Å². The van der Waals surface area contributed by atoms with Crippen LogP contribution in [0.25, 0.3) is 27.3 Å². The second-order valence-corrected chi connectivity index (χ2v) is 5.76. The average molecular weight is 344 g/mol. The van der Waals surface area contributed by atoms with Gasteiger partial charge in [-0.15, -0.1) is 0 Å². The van der Waals surface area contributed by atoms with Crippen molar-refractivity contribution in [2.75, 3.05) is 0 Å². The van der Waals surface area contributed by atoms with Crippen molar-refractivity contribution in [2.45, 2.75) is 6.18 Å². The fourth-order valence-electron chi connectivity index (χ4n) is 3.28. The number of carbonyl (C=O) groups is 1. The Kier molecular flexibility index (Phi) is 3.06. The summed E-state index contributed by atoms with van der Waals surface area (Å²) in [5.74, 6) is -1.94. The second-order valence-electron chi connectivity index (χ2n) is 5.76. The van der Waals surface area contributed by atoms with Crippen molar-refractivity contribution in [3.05, 3.63) is 64.6 Å². The van der Waals surface area contributed by atoms with Crippen molar-refractivity contribution in [2.24, 2.45) is 7.05 Å². The fourth-order valence-corrected chi connectivity index (χ4v) is 3.28. The molecule has 0 spiro atoms. The van der Waals surface area contributed by atoms with E-state index in [0.29, 0.717) is 5.39 Å². The monoisotopic (exact) mass is 344 g/mol. The van der Waals surface area contributed by atoms with Crippen LogP contribution in [0.3, 0.4) is 0 Å². The van der Waals surface area contributed by atoms with Crippen molar-refractivity contribution < 1.29 is 18.0 Å². The third kappa shape index (κ3) is 2.02. The number of carbonyl (C=O) groups excluding carboxylic acids is 1. The molecule has 0 N–H and O–H groups in total. The number of para-hydroxylation sites is 1. The molecule has 0 amide bonds. The summed E-state index contributed by atoms with van der Waals surface area (Å²) in [4.78, 5) is 24.8. The van der Waals surface area contributed by atoms with E-state index in [1.807, 2.05) is 0 Å². The van der Waals surface area contributed by atoms with E-state index in [2.05, 4.69) is 0 Å². The highest BCUT2D eigenvalue weighted by Crippen LogP contribution is 2.33. The summed E-state index contributed by atoms with van der Waals surface area (Å²) >= 11 is 0. The Balaban J connectivity index is 2.39. The summed E-state index contributed by atoms with van der Waals surface area (Å²) in [7, 11) is 1.48. The van der Waals surface area contributed by atoms with Crippen LogP contribution in [-0.2, 0) is 7.05 Å². The molecular weight excluding hydrogens is 333 g/mol. The molecule has 0 saturated carbocycles. The van der Waals surface area contributed by atoms with E-state index in [-0.39, 0.29) is 27.5 Å². The number of halogens is 3. The first-order chi connectivity index (χ1) is 11.8. The van der Waals surface area contributed by atoms with E-state index in [1.54, 1.807) is 30.3 Å². The molecule has 2 aromatic carbocycles. The largest absolute Gasteiger partial charge is 0.456 e. The zero-order valence-corrected chi connectivity index (χ0v) is 13.0. The van der Waals surface area contributed by atoms with Crippen molar-refractivity contribution in [3.8, 4) is 0 Å². The van der Waals surface area contributed by atoms with Crippen molar-refractivity contribution >= 4 is 33.1 Å². The smallest absolute Gasteiger partial charge is 0.296 e. The lowest BCUT2D eigenvalue weighted by Gasteiger charge is -2.11.